The number of hydrogen-bond donors (Lipinski definition) is 1. The number of para-hydroxylation sites is 1. The van der Waals surface area contributed by atoms with Crippen molar-refractivity contribution in [1.29, 1.82) is 0 Å². The molecule has 1 aromatic rings. The zero-order valence-corrected chi connectivity index (χ0v) is 11.8. The predicted molar refractivity (Wildman–Crippen MR) is 78.1 cm³/mol. The van der Waals surface area contributed by atoms with E-state index in [4.69, 9.17) is 5.73 Å². The Kier molecular flexibility index (Phi) is 4.25. The van der Waals surface area contributed by atoms with Crippen molar-refractivity contribution in [3.05, 3.63) is 29.8 Å². The summed E-state index contributed by atoms with van der Waals surface area (Å²) >= 11 is 0. The quantitative estimate of drug-likeness (QED) is 0.882. The molecule has 0 saturated carbocycles. The van der Waals surface area contributed by atoms with Crippen LogP contribution >= 0.6 is 0 Å². The first-order valence-corrected chi connectivity index (χ1v) is 6.92. The molecule has 0 amide bonds. The summed E-state index contributed by atoms with van der Waals surface area (Å²) in [5.41, 5.74) is 8.77. The van der Waals surface area contributed by atoms with Gasteiger partial charge in [0.2, 0.25) is 0 Å². The van der Waals surface area contributed by atoms with Gasteiger partial charge in [-0.2, -0.15) is 0 Å². The Morgan fingerprint density at radius 1 is 1.28 bits per heavy atom. The molecule has 0 aromatic heterocycles. The molecule has 1 heterocycles. The molecule has 18 heavy (non-hydrogen) atoms. The number of anilines is 1. The van der Waals surface area contributed by atoms with Crippen molar-refractivity contribution in [2.75, 3.05) is 31.6 Å². The van der Waals surface area contributed by atoms with Crippen LogP contribution in [-0.4, -0.2) is 43.7 Å². The lowest BCUT2D eigenvalue weighted by atomic mass is 10.0. The van der Waals surface area contributed by atoms with Gasteiger partial charge in [0.1, 0.15) is 0 Å². The van der Waals surface area contributed by atoms with Crippen LogP contribution in [0.4, 0.5) is 5.69 Å². The van der Waals surface area contributed by atoms with Crippen LogP contribution in [0.5, 0.6) is 0 Å². The van der Waals surface area contributed by atoms with E-state index in [1.165, 1.54) is 11.3 Å². The summed E-state index contributed by atoms with van der Waals surface area (Å²) in [6.07, 6.45) is 1.08. The minimum absolute atomic E-state index is 0.423. The Morgan fingerprint density at radius 2 is 2.00 bits per heavy atom. The monoisotopic (exact) mass is 247 g/mol. The predicted octanol–water partition coefficient (Wildman–Crippen LogP) is 1.72. The summed E-state index contributed by atoms with van der Waals surface area (Å²) < 4.78 is 0. The first-order valence-electron chi connectivity index (χ1n) is 6.92. The molecule has 3 heteroatoms. The van der Waals surface area contributed by atoms with Crippen molar-refractivity contribution >= 4 is 5.69 Å². The van der Waals surface area contributed by atoms with Gasteiger partial charge in [0, 0.05) is 31.4 Å². The molecule has 2 unspecified atom stereocenters. The molecule has 2 N–H and O–H groups in total. The van der Waals surface area contributed by atoms with Crippen molar-refractivity contribution < 1.29 is 0 Å². The first kappa shape index (κ1) is 13.4. The van der Waals surface area contributed by atoms with Crippen molar-refractivity contribution in [1.82, 2.24) is 4.90 Å². The summed E-state index contributed by atoms with van der Waals surface area (Å²) in [5, 5.41) is 0. The highest BCUT2D eigenvalue weighted by Gasteiger charge is 2.30. The Hall–Kier alpha value is -1.06. The lowest BCUT2D eigenvalue weighted by Gasteiger charge is -2.46. The van der Waals surface area contributed by atoms with Crippen molar-refractivity contribution in [3.8, 4) is 0 Å². The lowest BCUT2D eigenvalue weighted by molar-refractivity contribution is 0.234. The summed E-state index contributed by atoms with van der Waals surface area (Å²) in [5.74, 6) is 0. The second kappa shape index (κ2) is 5.72. The van der Waals surface area contributed by atoms with Crippen molar-refractivity contribution in [2.24, 2.45) is 5.73 Å². The van der Waals surface area contributed by atoms with E-state index in [2.05, 4.69) is 55.0 Å². The first-order chi connectivity index (χ1) is 8.67. The van der Waals surface area contributed by atoms with Gasteiger partial charge in [-0.3, -0.25) is 0 Å². The number of piperazine rings is 1. The van der Waals surface area contributed by atoms with Crippen LogP contribution in [0.25, 0.3) is 0 Å². The number of aryl methyl sites for hydroxylation is 1. The maximum absolute atomic E-state index is 5.98. The summed E-state index contributed by atoms with van der Waals surface area (Å²) in [4.78, 5) is 4.91. The molecule has 0 radical (unpaired) electrons. The van der Waals surface area contributed by atoms with Crippen molar-refractivity contribution in [2.45, 2.75) is 32.4 Å². The molecule has 3 nitrogen and oxygen atoms in total. The Balaban J connectivity index is 2.34. The molecule has 1 aromatic carbocycles. The zero-order valence-electron chi connectivity index (χ0n) is 11.8. The molecule has 2 rings (SSSR count). The molecule has 2 atom stereocenters. The second-order valence-corrected chi connectivity index (χ2v) is 5.35. The third-order valence-electron chi connectivity index (χ3n) is 3.89. The third kappa shape index (κ3) is 2.52. The van der Waals surface area contributed by atoms with Gasteiger partial charge in [0.05, 0.1) is 6.04 Å². The normalized spacial score (nSPS) is 25.4. The second-order valence-electron chi connectivity index (χ2n) is 5.35. The Morgan fingerprint density at radius 3 is 2.67 bits per heavy atom. The highest BCUT2D eigenvalue weighted by atomic mass is 15.3. The van der Waals surface area contributed by atoms with Crippen LogP contribution < -0.4 is 10.6 Å². The van der Waals surface area contributed by atoms with E-state index in [0.717, 1.165) is 19.5 Å². The van der Waals surface area contributed by atoms with Crippen molar-refractivity contribution in [3.63, 3.8) is 0 Å². The van der Waals surface area contributed by atoms with Crippen LogP contribution in [0.1, 0.15) is 19.4 Å². The van der Waals surface area contributed by atoms with Crippen LogP contribution in [0.3, 0.4) is 0 Å². The summed E-state index contributed by atoms with van der Waals surface area (Å²) in [7, 11) is 2.18. The van der Waals surface area contributed by atoms with Crippen LogP contribution in [0.15, 0.2) is 24.3 Å². The summed E-state index contributed by atoms with van der Waals surface area (Å²) in [6, 6.07) is 9.67. The van der Waals surface area contributed by atoms with Gasteiger partial charge in [-0.25, -0.2) is 0 Å². The van der Waals surface area contributed by atoms with Gasteiger partial charge in [0.25, 0.3) is 0 Å². The molecule has 1 fully saturated rings. The van der Waals surface area contributed by atoms with E-state index in [1.54, 1.807) is 0 Å². The van der Waals surface area contributed by atoms with E-state index in [0.29, 0.717) is 18.6 Å². The topological polar surface area (TPSA) is 32.5 Å². The molecular weight excluding hydrogens is 222 g/mol. The van der Waals surface area contributed by atoms with Gasteiger partial charge < -0.3 is 15.5 Å². The fraction of sp³-hybridized carbons (Fsp3) is 0.600. The molecule has 100 valence electrons. The average molecular weight is 247 g/mol. The van der Waals surface area contributed by atoms with Gasteiger partial charge in [0.15, 0.2) is 0 Å². The maximum atomic E-state index is 5.98. The van der Waals surface area contributed by atoms with Gasteiger partial charge in [-0.1, -0.05) is 25.1 Å². The maximum Gasteiger partial charge on any atom is 0.0542 e. The van der Waals surface area contributed by atoms with Crippen LogP contribution in [0, 0.1) is 0 Å². The van der Waals surface area contributed by atoms with E-state index in [1.807, 2.05) is 0 Å². The van der Waals surface area contributed by atoms with Gasteiger partial charge in [-0.15, -0.1) is 0 Å². The number of benzene rings is 1. The number of nitrogens with two attached hydrogens (primary N) is 1. The van der Waals surface area contributed by atoms with Gasteiger partial charge in [-0.05, 0) is 32.0 Å². The number of rotatable bonds is 3. The minimum atomic E-state index is 0.423. The molecule has 0 spiro atoms. The Bertz CT molecular complexity index is 391. The molecule has 0 aliphatic carbocycles. The highest BCUT2D eigenvalue weighted by molar-refractivity contribution is 5.56. The molecule has 1 saturated heterocycles. The van der Waals surface area contributed by atoms with Crippen LogP contribution in [-0.2, 0) is 6.42 Å². The van der Waals surface area contributed by atoms with E-state index in [-0.39, 0.29) is 0 Å². The highest BCUT2D eigenvalue weighted by Crippen LogP contribution is 2.27. The fourth-order valence-corrected chi connectivity index (χ4v) is 3.11. The smallest absolute Gasteiger partial charge is 0.0542 e. The lowest BCUT2D eigenvalue weighted by Crippen LogP contribution is -2.59. The zero-order chi connectivity index (χ0) is 13.1. The number of nitrogens with zero attached hydrogens (tertiary/aromatic N) is 2. The Labute approximate surface area is 111 Å². The standard InChI is InChI=1S/C15H25N3/c1-4-13-7-5-6-8-15(13)18-12(2)10-17(3)11-14(18)9-16/h5-8,12,14H,4,9-11,16H2,1-3H3. The molecular formula is C15H25N3. The largest absolute Gasteiger partial charge is 0.362 e. The molecule has 0 bridgehead atoms. The summed E-state index contributed by atoms with van der Waals surface area (Å²) in [6.45, 7) is 7.39. The SMILES string of the molecule is CCc1ccccc1N1C(C)CN(C)CC1CN. The molecule has 1 aliphatic rings. The average Bonchev–Trinajstić information content (AvgIpc) is 2.38. The van der Waals surface area contributed by atoms with E-state index < -0.39 is 0 Å². The third-order valence-corrected chi connectivity index (χ3v) is 3.89. The number of likely N-dealkylation sites (N-methyl/N-ethyl adjacent to an activating group) is 1. The minimum Gasteiger partial charge on any atom is -0.362 e. The van der Waals surface area contributed by atoms with Gasteiger partial charge >= 0.3 is 0 Å². The van der Waals surface area contributed by atoms with Crippen LogP contribution in [0.2, 0.25) is 0 Å². The fourth-order valence-electron chi connectivity index (χ4n) is 3.11. The number of hydrogen-bond acceptors (Lipinski definition) is 3. The van der Waals surface area contributed by atoms with E-state index in [9.17, 15) is 0 Å². The molecule has 1 aliphatic heterocycles. The van der Waals surface area contributed by atoms with E-state index >= 15 is 0 Å².